The molecule has 0 aliphatic carbocycles. The zero-order chi connectivity index (χ0) is 39.9. The second-order valence-electron chi connectivity index (χ2n) is 13.0. The molecule has 4 aromatic rings. The molecule has 56 heavy (non-hydrogen) atoms. The van der Waals surface area contributed by atoms with Crippen LogP contribution in [-0.4, -0.2) is 120 Å². The first-order chi connectivity index (χ1) is 26.9. The van der Waals surface area contributed by atoms with E-state index in [4.69, 9.17) is 43.2 Å². The summed E-state index contributed by atoms with van der Waals surface area (Å²) in [6.45, 7) is 7.93. The molecule has 1 amide bonds. The monoisotopic (exact) mass is 794 g/mol. The van der Waals surface area contributed by atoms with E-state index in [9.17, 15) is 19.2 Å². The summed E-state index contributed by atoms with van der Waals surface area (Å²) < 4.78 is 33.6. The minimum atomic E-state index is -1.19. The average molecular weight is 795 g/mol. The second kappa shape index (κ2) is 17.9. The molecule has 0 radical (unpaired) electrons. The number of anilines is 2. The van der Waals surface area contributed by atoms with Gasteiger partial charge in [0, 0.05) is 76.0 Å². The van der Waals surface area contributed by atoms with Crippen molar-refractivity contribution in [2.45, 2.75) is 58.8 Å². The summed E-state index contributed by atoms with van der Waals surface area (Å²) >= 11 is 1.58. The number of aromatic nitrogens is 5. The van der Waals surface area contributed by atoms with Gasteiger partial charge < -0.3 is 38.2 Å². The van der Waals surface area contributed by atoms with Gasteiger partial charge in [-0.15, -0.1) is 11.3 Å². The highest BCUT2D eigenvalue weighted by Gasteiger charge is 2.49. The van der Waals surface area contributed by atoms with Gasteiger partial charge in [0.15, 0.2) is 24.0 Å². The van der Waals surface area contributed by atoms with Gasteiger partial charge >= 0.3 is 17.9 Å². The van der Waals surface area contributed by atoms with Crippen LogP contribution < -0.4 is 20.0 Å². The first-order valence-electron chi connectivity index (χ1n) is 17.7. The second-order valence-corrected chi connectivity index (χ2v) is 14.2. The number of hydrogen-bond acceptors (Lipinski definition) is 19. The maximum Gasteiger partial charge on any atom is 0.303 e. The van der Waals surface area contributed by atoms with E-state index in [0.717, 1.165) is 26.5 Å². The van der Waals surface area contributed by atoms with Gasteiger partial charge in [-0.25, -0.2) is 35.2 Å². The number of ether oxygens (including phenoxy) is 6. The number of thiophene rings is 1. The number of nitrogens with zero attached hydrogens (tertiary/aromatic N) is 7. The Balaban J connectivity index is 1.13. The minimum Gasteiger partial charge on any atom is -0.481 e. The lowest BCUT2D eigenvalue weighted by Gasteiger charge is -2.43. The zero-order valence-corrected chi connectivity index (χ0v) is 32.4. The first-order valence-corrected chi connectivity index (χ1v) is 18.5. The Labute approximate surface area is 325 Å². The van der Waals surface area contributed by atoms with E-state index in [0.29, 0.717) is 50.5 Å². The third-order valence-corrected chi connectivity index (χ3v) is 9.93. The summed E-state index contributed by atoms with van der Waals surface area (Å²) in [6, 6.07) is 5.67. The fourth-order valence-corrected chi connectivity index (χ4v) is 7.28. The summed E-state index contributed by atoms with van der Waals surface area (Å²) in [7, 11) is 3.40. The first kappa shape index (κ1) is 40.1. The smallest absolute Gasteiger partial charge is 0.303 e. The molecule has 5 atom stereocenters. The molecule has 2 aliphatic heterocycles. The molecule has 0 bridgehead atoms. The molecule has 2 fully saturated rings. The lowest BCUT2D eigenvalue weighted by molar-refractivity contribution is -0.298. The van der Waals surface area contributed by atoms with Gasteiger partial charge in [-0.2, -0.15) is 0 Å². The van der Waals surface area contributed by atoms with Crippen molar-refractivity contribution < 1.29 is 52.4 Å². The van der Waals surface area contributed by atoms with Crippen LogP contribution >= 0.6 is 11.3 Å². The zero-order valence-electron chi connectivity index (χ0n) is 31.6. The van der Waals surface area contributed by atoms with E-state index in [1.165, 1.54) is 33.2 Å². The number of methoxy groups -OCH3 is 1. The van der Waals surface area contributed by atoms with Crippen LogP contribution in [-0.2, 0) is 49.5 Å². The van der Waals surface area contributed by atoms with Crippen LogP contribution in [0.25, 0.3) is 21.6 Å². The number of esters is 3. The number of pyridine rings is 1. The molecule has 2 aliphatic rings. The molecule has 0 unspecified atom stereocenters. The van der Waals surface area contributed by atoms with E-state index >= 15 is 0 Å². The molecule has 19 nitrogen and oxygen atoms in total. The van der Waals surface area contributed by atoms with Crippen molar-refractivity contribution in [3.63, 3.8) is 0 Å². The van der Waals surface area contributed by atoms with Crippen molar-refractivity contribution in [1.82, 2.24) is 30.4 Å². The third-order valence-electron chi connectivity index (χ3n) is 8.82. The fraction of sp³-hybridized carbons (Fsp3) is 0.472. The van der Waals surface area contributed by atoms with Crippen molar-refractivity contribution in [3.8, 4) is 17.3 Å². The Morgan fingerprint density at radius 3 is 2.32 bits per heavy atom. The maximum atomic E-state index is 13.1. The van der Waals surface area contributed by atoms with Crippen molar-refractivity contribution in [2.75, 3.05) is 56.9 Å². The molecule has 0 spiro atoms. The largest absolute Gasteiger partial charge is 0.481 e. The third kappa shape index (κ3) is 9.62. The summed E-state index contributed by atoms with van der Waals surface area (Å²) in [5, 5.41) is 0. The number of fused-ring (bicyclic) bond motifs is 1. The number of carbonyl (C=O) groups is 4. The van der Waals surface area contributed by atoms with Crippen molar-refractivity contribution in [2.24, 2.45) is 5.92 Å². The number of morpholine rings is 1. The lowest BCUT2D eigenvalue weighted by atomic mass is 9.92. The van der Waals surface area contributed by atoms with Crippen LogP contribution in [0.2, 0.25) is 0 Å². The molecule has 6 heterocycles. The fourth-order valence-electron chi connectivity index (χ4n) is 6.11. The predicted molar refractivity (Wildman–Crippen MR) is 198 cm³/mol. The molecular formula is C36H42N8O11S. The van der Waals surface area contributed by atoms with Gasteiger partial charge in [-0.05, 0) is 12.1 Å². The lowest BCUT2D eigenvalue weighted by Crippen LogP contribution is -2.59. The highest BCUT2D eigenvalue weighted by molar-refractivity contribution is 7.19. The molecule has 0 aromatic carbocycles. The van der Waals surface area contributed by atoms with E-state index in [-0.39, 0.29) is 12.2 Å². The van der Waals surface area contributed by atoms with Crippen molar-refractivity contribution in [3.05, 3.63) is 47.2 Å². The number of rotatable bonds is 13. The van der Waals surface area contributed by atoms with Gasteiger partial charge in [-0.3, -0.25) is 19.2 Å². The summed E-state index contributed by atoms with van der Waals surface area (Å²) in [5.74, 6) is -1.09. The molecule has 6 rings (SSSR count). The highest BCUT2D eigenvalue weighted by atomic mass is 32.1. The molecule has 0 saturated carbocycles. The van der Waals surface area contributed by atoms with Gasteiger partial charge in [0.1, 0.15) is 18.8 Å². The highest BCUT2D eigenvalue weighted by Crippen LogP contribution is 2.36. The molecule has 20 heteroatoms. The SMILES string of the molecule is COc1ccc(-c2nc(N3CCOCC3)c3sc(CN(C)c4ncc(C(=O)NO[C@@H]5O[C@H](COC(C)=O)[C@H](OC(C)=O)[C@H](OC(C)=O)[C@H]5C)cn4)cc3n2)cn1. The molecule has 4 aromatic heterocycles. The normalized spacial score (nSPS) is 20.9. The van der Waals surface area contributed by atoms with E-state index in [2.05, 4.69) is 25.3 Å². The van der Waals surface area contributed by atoms with E-state index in [1.807, 2.05) is 24.1 Å². The quantitative estimate of drug-likeness (QED) is 0.117. The summed E-state index contributed by atoms with van der Waals surface area (Å²) in [4.78, 5) is 82.1. The Hall–Kier alpha value is -5.57. The molecular weight excluding hydrogens is 753 g/mol. The summed E-state index contributed by atoms with van der Waals surface area (Å²) in [5.41, 5.74) is 3.97. The van der Waals surface area contributed by atoms with Crippen LogP contribution in [0.15, 0.2) is 36.8 Å². The number of amides is 1. The average Bonchev–Trinajstić information content (AvgIpc) is 3.60. The number of carbonyl (C=O) groups excluding carboxylic acids is 4. The van der Waals surface area contributed by atoms with Crippen LogP contribution in [0.4, 0.5) is 11.8 Å². The Morgan fingerprint density at radius 2 is 1.68 bits per heavy atom. The van der Waals surface area contributed by atoms with Crippen LogP contribution in [0, 0.1) is 5.92 Å². The Bertz CT molecular complexity index is 2030. The van der Waals surface area contributed by atoms with E-state index in [1.54, 1.807) is 37.6 Å². The topological polar surface area (TPSA) is 216 Å². The Morgan fingerprint density at radius 1 is 0.964 bits per heavy atom. The van der Waals surface area contributed by atoms with Crippen molar-refractivity contribution in [1.29, 1.82) is 0 Å². The van der Waals surface area contributed by atoms with E-state index < -0.39 is 54.3 Å². The van der Waals surface area contributed by atoms with Crippen LogP contribution in [0.3, 0.4) is 0 Å². The molecule has 1 N–H and O–H groups in total. The van der Waals surface area contributed by atoms with Crippen LogP contribution in [0.5, 0.6) is 5.88 Å². The predicted octanol–water partition coefficient (Wildman–Crippen LogP) is 2.47. The number of nitrogens with one attached hydrogen (secondary N) is 1. The van der Waals surface area contributed by atoms with Gasteiger partial charge in [0.2, 0.25) is 11.8 Å². The molecule has 298 valence electrons. The molecule has 2 saturated heterocycles. The standard InChI is InChI=1S/C36H42N8O11S/c1-19-29(52-21(3)46)30(53-22(4)47)27(18-51-20(2)45)54-35(19)55-42-34(48)24-15-38-36(39-16-24)43(5)17-25-13-26-31(56-25)33(44-9-11-50-12-10-44)41-32(40-26)23-7-8-28(49-6)37-14-23/h7-8,13-16,19,27,29-30,35H,9-12,17-18H2,1-6H3,(H,42,48)/t19-,27-,29-,30+,35+/m1/s1. The van der Waals surface area contributed by atoms with Gasteiger partial charge in [-0.1, -0.05) is 6.92 Å². The minimum absolute atomic E-state index is 0.0873. The summed E-state index contributed by atoms with van der Waals surface area (Å²) in [6.07, 6.45) is -0.0252. The van der Waals surface area contributed by atoms with Gasteiger partial charge in [0.25, 0.3) is 5.91 Å². The number of hydrogen-bond donors (Lipinski definition) is 1. The maximum absolute atomic E-state index is 13.1. The number of hydroxylamine groups is 1. The Kier molecular flexibility index (Phi) is 12.8. The van der Waals surface area contributed by atoms with Crippen molar-refractivity contribution >= 4 is 57.1 Å². The van der Waals surface area contributed by atoms with Gasteiger partial charge in [0.05, 0.1) is 48.6 Å². The van der Waals surface area contributed by atoms with Crippen LogP contribution in [0.1, 0.15) is 42.9 Å².